The number of para-hydroxylation sites is 1. The maximum Gasteiger partial charge on any atom is 0.238 e. The molecule has 0 aromatic heterocycles. The lowest BCUT2D eigenvalue weighted by Gasteiger charge is -2.34. The van der Waals surface area contributed by atoms with E-state index in [0.717, 1.165) is 13.0 Å². The van der Waals surface area contributed by atoms with E-state index in [1.165, 1.54) is 19.3 Å². The summed E-state index contributed by atoms with van der Waals surface area (Å²) in [5.74, 6) is -0.0342. The monoisotopic (exact) mass is 271 g/mol. The fraction of sp³-hybridized carbons (Fsp3) is 0.500. The lowest BCUT2D eigenvalue weighted by molar-refractivity contribution is -0.118. The van der Waals surface area contributed by atoms with Crippen LogP contribution >= 0.6 is 0 Å². The molecular formula is C16H21N3O. The highest BCUT2D eigenvalue weighted by Crippen LogP contribution is 2.19. The van der Waals surface area contributed by atoms with Gasteiger partial charge in [0.1, 0.15) is 6.07 Å². The molecule has 0 spiro atoms. The Morgan fingerprint density at radius 1 is 1.45 bits per heavy atom. The molecule has 1 unspecified atom stereocenters. The van der Waals surface area contributed by atoms with Gasteiger partial charge in [0, 0.05) is 6.04 Å². The molecule has 0 radical (unpaired) electrons. The van der Waals surface area contributed by atoms with Crippen LogP contribution in [0.1, 0.15) is 38.2 Å². The Kier molecular flexibility index (Phi) is 5.14. The summed E-state index contributed by atoms with van der Waals surface area (Å²) < 4.78 is 0. The molecule has 1 amide bonds. The zero-order valence-corrected chi connectivity index (χ0v) is 11.9. The molecule has 1 aromatic carbocycles. The number of likely N-dealkylation sites (tertiary alicyclic amines) is 1. The summed E-state index contributed by atoms with van der Waals surface area (Å²) in [5, 5.41) is 11.9. The Hall–Kier alpha value is -1.86. The molecule has 1 aliphatic rings. The van der Waals surface area contributed by atoms with Crippen molar-refractivity contribution in [1.29, 1.82) is 5.26 Å². The predicted molar refractivity (Wildman–Crippen MR) is 79.3 cm³/mol. The third-order valence-electron chi connectivity index (χ3n) is 3.89. The summed E-state index contributed by atoms with van der Waals surface area (Å²) in [5.41, 5.74) is 1.11. The third kappa shape index (κ3) is 3.58. The van der Waals surface area contributed by atoms with Crippen molar-refractivity contribution < 1.29 is 4.79 Å². The summed E-state index contributed by atoms with van der Waals surface area (Å²) >= 11 is 0. The molecule has 1 N–H and O–H groups in total. The first-order chi connectivity index (χ1) is 9.74. The SMILES string of the molecule is CCC1CCCCN1CC(=O)Nc1ccccc1C#N. The summed E-state index contributed by atoms with van der Waals surface area (Å²) in [7, 11) is 0. The van der Waals surface area contributed by atoms with Crippen LogP contribution in [0, 0.1) is 11.3 Å². The van der Waals surface area contributed by atoms with Crippen molar-refractivity contribution in [3.05, 3.63) is 29.8 Å². The average Bonchev–Trinajstić information content (AvgIpc) is 2.48. The van der Waals surface area contributed by atoms with Crippen LogP contribution in [0.4, 0.5) is 5.69 Å². The van der Waals surface area contributed by atoms with E-state index < -0.39 is 0 Å². The van der Waals surface area contributed by atoms with E-state index in [2.05, 4.69) is 23.2 Å². The van der Waals surface area contributed by atoms with Crippen LogP contribution in [0.3, 0.4) is 0 Å². The van der Waals surface area contributed by atoms with E-state index in [1.807, 2.05) is 6.07 Å². The van der Waals surface area contributed by atoms with E-state index in [0.29, 0.717) is 23.8 Å². The molecule has 0 aliphatic carbocycles. The van der Waals surface area contributed by atoms with Crippen LogP contribution in [-0.2, 0) is 4.79 Å². The number of carbonyl (C=O) groups excluding carboxylic acids is 1. The number of hydrogen-bond acceptors (Lipinski definition) is 3. The van der Waals surface area contributed by atoms with E-state index in [-0.39, 0.29) is 5.91 Å². The molecule has 1 heterocycles. The quantitative estimate of drug-likeness (QED) is 0.916. The van der Waals surface area contributed by atoms with E-state index >= 15 is 0 Å². The second kappa shape index (κ2) is 7.06. The molecule has 1 aromatic rings. The maximum atomic E-state index is 12.1. The molecule has 20 heavy (non-hydrogen) atoms. The Bertz CT molecular complexity index is 507. The Morgan fingerprint density at radius 2 is 2.25 bits per heavy atom. The summed E-state index contributed by atoms with van der Waals surface area (Å²) in [6.45, 7) is 3.58. The lowest BCUT2D eigenvalue weighted by atomic mass is 10.00. The van der Waals surface area contributed by atoms with Gasteiger partial charge in [-0.3, -0.25) is 9.69 Å². The topological polar surface area (TPSA) is 56.1 Å². The summed E-state index contributed by atoms with van der Waals surface area (Å²) in [6, 6.07) is 9.72. The van der Waals surface area contributed by atoms with Gasteiger partial charge in [-0.2, -0.15) is 5.26 Å². The zero-order valence-electron chi connectivity index (χ0n) is 11.9. The molecule has 1 saturated heterocycles. The second-order valence-electron chi connectivity index (χ2n) is 5.23. The van der Waals surface area contributed by atoms with Gasteiger partial charge in [-0.25, -0.2) is 0 Å². The molecule has 106 valence electrons. The van der Waals surface area contributed by atoms with Gasteiger partial charge in [-0.1, -0.05) is 25.5 Å². The van der Waals surface area contributed by atoms with Crippen molar-refractivity contribution in [3.8, 4) is 6.07 Å². The largest absolute Gasteiger partial charge is 0.324 e. The minimum absolute atomic E-state index is 0.0342. The van der Waals surface area contributed by atoms with Gasteiger partial charge in [0.15, 0.2) is 0 Å². The first-order valence-corrected chi connectivity index (χ1v) is 7.27. The molecule has 1 aliphatic heterocycles. The number of nitriles is 1. The normalized spacial score (nSPS) is 19.3. The highest BCUT2D eigenvalue weighted by Gasteiger charge is 2.22. The van der Waals surface area contributed by atoms with Crippen LogP contribution in [0.25, 0.3) is 0 Å². The first-order valence-electron chi connectivity index (χ1n) is 7.27. The molecular weight excluding hydrogens is 250 g/mol. The molecule has 1 fully saturated rings. The number of carbonyl (C=O) groups is 1. The van der Waals surface area contributed by atoms with Gasteiger partial charge >= 0.3 is 0 Å². The summed E-state index contributed by atoms with van der Waals surface area (Å²) in [4.78, 5) is 14.4. The smallest absolute Gasteiger partial charge is 0.238 e. The van der Waals surface area contributed by atoms with Crippen molar-refractivity contribution in [2.45, 2.75) is 38.6 Å². The number of rotatable bonds is 4. The molecule has 4 nitrogen and oxygen atoms in total. The Labute approximate surface area is 120 Å². The fourth-order valence-electron chi connectivity index (χ4n) is 2.79. The molecule has 1 atom stereocenters. The molecule has 4 heteroatoms. The minimum atomic E-state index is -0.0342. The van der Waals surface area contributed by atoms with Crippen LogP contribution in [0.15, 0.2) is 24.3 Å². The van der Waals surface area contributed by atoms with E-state index in [4.69, 9.17) is 5.26 Å². The van der Waals surface area contributed by atoms with Gasteiger partial charge < -0.3 is 5.32 Å². The van der Waals surface area contributed by atoms with Crippen molar-refractivity contribution in [2.75, 3.05) is 18.4 Å². The maximum absolute atomic E-state index is 12.1. The molecule has 0 bridgehead atoms. The van der Waals surface area contributed by atoms with Crippen LogP contribution in [0.2, 0.25) is 0 Å². The van der Waals surface area contributed by atoms with Crippen molar-refractivity contribution in [2.24, 2.45) is 0 Å². The Morgan fingerprint density at radius 3 is 3.00 bits per heavy atom. The number of benzene rings is 1. The van der Waals surface area contributed by atoms with Crippen molar-refractivity contribution in [3.63, 3.8) is 0 Å². The lowest BCUT2D eigenvalue weighted by Crippen LogP contribution is -2.43. The van der Waals surface area contributed by atoms with Gasteiger partial charge in [0.05, 0.1) is 17.8 Å². The van der Waals surface area contributed by atoms with Crippen molar-refractivity contribution >= 4 is 11.6 Å². The molecule has 2 rings (SSSR count). The van der Waals surface area contributed by atoms with Gasteiger partial charge in [0.25, 0.3) is 0 Å². The van der Waals surface area contributed by atoms with Crippen LogP contribution < -0.4 is 5.32 Å². The van der Waals surface area contributed by atoms with Crippen LogP contribution in [0.5, 0.6) is 0 Å². The van der Waals surface area contributed by atoms with E-state index in [9.17, 15) is 4.79 Å². The predicted octanol–water partition coefficient (Wildman–Crippen LogP) is 2.76. The second-order valence-corrected chi connectivity index (χ2v) is 5.23. The number of amides is 1. The summed E-state index contributed by atoms with van der Waals surface area (Å²) in [6.07, 6.45) is 4.69. The standard InChI is InChI=1S/C16H21N3O/c1-2-14-8-5-6-10-19(14)12-16(20)18-15-9-4-3-7-13(15)11-17/h3-4,7,9,14H,2,5-6,8,10,12H2,1H3,(H,18,20). The van der Waals surface area contributed by atoms with Crippen LogP contribution in [-0.4, -0.2) is 29.9 Å². The zero-order chi connectivity index (χ0) is 14.4. The average molecular weight is 271 g/mol. The Balaban J connectivity index is 1.97. The number of nitrogens with one attached hydrogen (secondary N) is 1. The van der Waals surface area contributed by atoms with Gasteiger partial charge in [-0.05, 0) is 37.9 Å². The fourth-order valence-corrected chi connectivity index (χ4v) is 2.79. The first kappa shape index (κ1) is 14.5. The third-order valence-corrected chi connectivity index (χ3v) is 3.89. The highest BCUT2D eigenvalue weighted by molar-refractivity contribution is 5.93. The van der Waals surface area contributed by atoms with Gasteiger partial charge in [-0.15, -0.1) is 0 Å². The number of anilines is 1. The number of nitrogens with zero attached hydrogens (tertiary/aromatic N) is 2. The van der Waals surface area contributed by atoms with E-state index in [1.54, 1.807) is 18.2 Å². The number of hydrogen-bond donors (Lipinski definition) is 1. The number of piperidine rings is 1. The minimum Gasteiger partial charge on any atom is -0.324 e. The van der Waals surface area contributed by atoms with Gasteiger partial charge in [0.2, 0.25) is 5.91 Å². The molecule has 0 saturated carbocycles. The van der Waals surface area contributed by atoms with Crippen molar-refractivity contribution in [1.82, 2.24) is 4.90 Å². The highest BCUT2D eigenvalue weighted by atomic mass is 16.2.